The fraction of sp³-hybridized carbons (Fsp3) is 1.00. The molecule has 0 amide bonds. The molecule has 1 rings (SSSR count). The van der Waals surface area contributed by atoms with Crippen molar-refractivity contribution in [3.8, 4) is 0 Å². The Labute approximate surface area is 79.6 Å². The van der Waals surface area contributed by atoms with Crippen molar-refractivity contribution in [1.29, 1.82) is 0 Å². The summed E-state index contributed by atoms with van der Waals surface area (Å²) in [5.41, 5.74) is 0.952. The van der Waals surface area contributed by atoms with E-state index in [4.69, 9.17) is 0 Å². The van der Waals surface area contributed by atoms with E-state index in [0.29, 0.717) is 7.92 Å². The van der Waals surface area contributed by atoms with Gasteiger partial charge in [0.15, 0.2) is 0 Å². The molecule has 0 spiro atoms. The Hall–Kier alpha value is 0.860. The van der Waals surface area contributed by atoms with Crippen LogP contribution < -0.4 is 0 Å². The van der Waals surface area contributed by atoms with Crippen molar-refractivity contribution < 1.29 is 0 Å². The quantitative estimate of drug-likeness (QED) is 0.615. The SMILES string of the molecule is CC1C[P+](C)(CP(C)C(C)C)C1. The Balaban J connectivity index is 2.31. The van der Waals surface area contributed by atoms with Crippen molar-refractivity contribution in [2.45, 2.75) is 26.4 Å². The summed E-state index contributed by atoms with van der Waals surface area (Å²) in [4.78, 5) is 0. The van der Waals surface area contributed by atoms with Crippen LogP contribution in [-0.2, 0) is 0 Å². The van der Waals surface area contributed by atoms with Gasteiger partial charge < -0.3 is 0 Å². The lowest BCUT2D eigenvalue weighted by atomic mass is 10.2. The first-order valence-corrected chi connectivity index (χ1v) is 9.80. The molecule has 2 heteroatoms. The third-order valence-electron chi connectivity index (χ3n) is 2.95. The van der Waals surface area contributed by atoms with E-state index >= 15 is 0 Å². The molecule has 1 heterocycles. The summed E-state index contributed by atoms with van der Waals surface area (Å²) in [7, 11) is -0.0320. The van der Waals surface area contributed by atoms with E-state index in [2.05, 4.69) is 34.1 Å². The molecule has 1 saturated heterocycles. The van der Waals surface area contributed by atoms with Crippen LogP contribution in [0.15, 0.2) is 0 Å². The predicted octanol–water partition coefficient (Wildman–Crippen LogP) is 3.76. The second-order valence-corrected chi connectivity index (χ2v) is 12.7. The molecule has 0 N–H and O–H groups in total. The zero-order chi connectivity index (χ0) is 9.35. The Morgan fingerprint density at radius 2 is 1.92 bits per heavy atom. The molecule has 0 bridgehead atoms. The van der Waals surface area contributed by atoms with Gasteiger partial charge in [0.2, 0.25) is 0 Å². The van der Waals surface area contributed by atoms with Gasteiger partial charge in [0, 0.05) is 19.8 Å². The lowest BCUT2D eigenvalue weighted by Crippen LogP contribution is -2.27. The third kappa shape index (κ3) is 2.68. The molecule has 72 valence electrons. The number of hydrogen-bond acceptors (Lipinski definition) is 0. The first kappa shape index (κ1) is 10.9. The Bertz CT molecular complexity index is 148. The summed E-state index contributed by atoms with van der Waals surface area (Å²) in [5.74, 6) is 2.67. The van der Waals surface area contributed by atoms with Crippen molar-refractivity contribution in [1.82, 2.24) is 0 Å². The van der Waals surface area contributed by atoms with Crippen molar-refractivity contribution in [3.05, 3.63) is 0 Å². The van der Waals surface area contributed by atoms with Gasteiger partial charge in [-0.15, -0.1) is 0 Å². The fourth-order valence-electron chi connectivity index (χ4n) is 2.27. The smallest absolute Gasteiger partial charge is 0.0675 e. The second kappa shape index (κ2) is 3.93. The number of hydrogen-bond donors (Lipinski definition) is 0. The maximum absolute atomic E-state index is 2.59. The standard InChI is InChI=1S/C10H23P2/c1-9(2)11(4)8-12(5)6-10(3)7-12/h9-10H,6-8H2,1-5H3/q+1. The third-order valence-corrected chi connectivity index (χ3v) is 12.2. The van der Waals surface area contributed by atoms with Gasteiger partial charge in [-0.2, -0.15) is 0 Å². The molecular weight excluding hydrogens is 182 g/mol. The molecular formula is C10H23P2+. The van der Waals surface area contributed by atoms with E-state index in [-0.39, 0.29) is 7.26 Å². The molecule has 0 aromatic carbocycles. The van der Waals surface area contributed by atoms with Gasteiger partial charge in [0.25, 0.3) is 0 Å². The summed E-state index contributed by atoms with van der Waals surface area (Å²) in [6.45, 7) is 12.3. The highest BCUT2D eigenvalue weighted by Crippen LogP contribution is 2.71. The van der Waals surface area contributed by atoms with Gasteiger partial charge in [-0.1, -0.05) is 28.7 Å². The van der Waals surface area contributed by atoms with Crippen molar-refractivity contribution in [3.63, 3.8) is 0 Å². The lowest BCUT2D eigenvalue weighted by Gasteiger charge is -2.39. The molecule has 0 saturated carbocycles. The Morgan fingerprint density at radius 3 is 2.25 bits per heavy atom. The van der Waals surface area contributed by atoms with Crippen LogP contribution in [0.1, 0.15) is 20.8 Å². The van der Waals surface area contributed by atoms with E-state index in [1.807, 2.05) is 0 Å². The molecule has 0 aromatic rings. The predicted molar refractivity (Wildman–Crippen MR) is 64.6 cm³/mol. The van der Waals surface area contributed by atoms with E-state index in [1.165, 1.54) is 0 Å². The highest BCUT2D eigenvalue weighted by Gasteiger charge is 2.45. The van der Waals surface area contributed by atoms with Crippen LogP contribution in [0.25, 0.3) is 0 Å². The molecule has 1 aliphatic heterocycles. The summed E-state index contributed by atoms with van der Waals surface area (Å²) in [6, 6.07) is 0. The van der Waals surface area contributed by atoms with Crippen LogP contribution in [0, 0.1) is 5.92 Å². The molecule has 0 aromatic heterocycles. The van der Waals surface area contributed by atoms with Crippen LogP contribution in [0.2, 0.25) is 0 Å². The molecule has 0 aliphatic carbocycles. The van der Waals surface area contributed by atoms with Gasteiger partial charge in [-0.3, -0.25) is 0 Å². The molecule has 1 unspecified atom stereocenters. The fourth-order valence-corrected chi connectivity index (χ4v) is 11.7. The molecule has 12 heavy (non-hydrogen) atoms. The minimum absolute atomic E-state index is 0.348. The largest absolute Gasteiger partial charge is 0.0774 e. The molecule has 1 atom stereocenters. The zero-order valence-electron chi connectivity index (χ0n) is 9.17. The zero-order valence-corrected chi connectivity index (χ0v) is 11.0. The van der Waals surface area contributed by atoms with E-state index in [9.17, 15) is 0 Å². The van der Waals surface area contributed by atoms with E-state index < -0.39 is 0 Å². The summed E-state index contributed by atoms with van der Waals surface area (Å²) >= 11 is 0. The highest BCUT2D eigenvalue weighted by molar-refractivity contribution is 7.86. The van der Waals surface area contributed by atoms with Gasteiger partial charge >= 0.3 is 0 Å². The van der Waals surface area contributed by atoms with Crippen LogP contribution in [0.3, 0.4) is 0 Å². The number of rotatable bonds is 3. The first-order valence-electron chi connectivity index (χ1n) is 4.97. The molecule has 0 nitrogen and oxygen atoms in total. The molecule has 1 fully saturated rings. The summed E-state index contributed by atoms with van der Waals surface area (Å²) in [6.07, 6.45) is 3.18. The van der Waals surface area contributed by atoms with Gasteiger partial charge in [0.1, 0.15) is 0 Å². The molecule has 1 aliphatic rings. The lowest BCUT2D eigenvalue weighted by molar-refractivity contribution is 0.691. The minimum atomic E-state index is -0.380. The Kier molecular flexibility index (Phi) is 3.58. The van der Waals surface area contributed by atoms with E-state index in [1.54, 1.807) is 18.2 Å². The summed E-state index contributed by atoms with van der Waals surface area (Å²) in [5, 5.41) is 0. The van der Waals surface area contributed by atoms with Gasteiger partial charge in [-0.25, -0.2) is 0 Å². The van der Waals surface area contributed by atoms with Crippen molar-refractivity contribution in [2.24, 2.45) is 5.92 Å². The van der Waals surface area contributed by atoms with Crippen LogP contribution in [-0.4, -0.2) is 37.2 Å². The van der Waals surface area contributed by atoms with Crippen LogP contribution in [0.5, 0.6) is 0 Å². The second-order valence-electron chi connectivity index (χ2n) is 5.08. The van der Waals surface area contributed by atoms with E-state index in [0.717, 1.165) is 11.6 Å². The van der Waals surface area contributed by atoms with Gasteiger partial charge in [0.05, 0.1) is 18.2 Å². The average molecular weight is 205 g/mol. The first-order chi connectivity index (χ1) is 5.43. The average Bonchev–Trinajstić information content (AvgIpc) is 1.83. The van der Waals surface area contributed by atoms with Crippen molar-refractivity contribution in [2.75, 3.05) is 31.6 Å². The van der Waals surface area contributed by atoms with Crippen LogP contribution in [0.4, 0.5) is 0 Å². The van der Waals surface area contributed by atoms with Gasteiger partial charge in [-0.05, 0) is 12.3 Å². The Morgan fingerprint density at radius 1 is 1.42 bits per heavy atom. The minimum Gasteiger partial charge on any atom is -0.0675 e. The maximum Gasteiger partial charge on any atom is 0.0774 e. The maximum atomic E-state index is 2.59. The normalized spacial score (nSPS) is 38.0. The highest BCUT2D eigenvalue weighted by atomic mass is 31.2. The van der Waals surface area contributed by atoms with Crippen molar-refractivity contribution >= 4 is 15.2 Å². The molecule has 0 radical (unpaired) electrons. The summed E-state index contributed by atoms with van der Waals surface area (Å²) < 4.78 is 0. The topological polar surface area (TPSA) is 0 Å². The van der Waals surface area contributed by atoms with Crippen LogP contribution >= 0.6 is 15.2 Å². The monoisotopic (exact) mass is 205 g/mol.